The first-order chi connectivity index (χ1) is 15.3. The summed E-state index contributed by atoms with van der Waals surface area (Å²) in [6, 6.07) is 18.2. The molecule has 0 aliphatic carbocycles. The van der Waals surface area contributed by atoms with Crippen LogP contribution in [0, 0.1) is 5.92 Å². The van der Waals surface area contributed by atoms with Crippen LogP contribution in [0.5, 0.6) is 5.75 Å². The van der Waals surface area contributed by atoms with Crippen LogP contribution in [0.25, 0.3) is 0 Å². The normalized spacial score (nSPS) is 16.1. The maximum atomic E-state index is 12.3. The van der Waals surface area contributed by atoms with Crippen LogP contribution in [0.15, 0.2) is 66.2 Å². The van der Waals surface area contributed by atoms with Crippen LogP contribution in [0.3, 0.4) is 0 Å². The van der Waals surface area contributed by atoms with E-state index in [4.69, 9.17) is 4.74 Å². The van der Waals surface area contributed by atoms with Crippen LogP contribution in [0.4, 0.5) is 5.13 Å². The molecule has 2 heterocycles. The molecule has 1 unspecified atom stereocenters. The molecular weight excluding hydrogens is 406 g/mol. The lowest BCUT2D eigenvalue weighted by molar-refractivity contribution is -0.121. The highest BCUT2D eigenvalue weighted by atomic mass is 32.1. The fraction of sp³-hybridized carbons (Fsp3) is 0.360. The van der Waals surface area contributed by atoms with Crippen molar-refractivity contribution in [1.29, 1.82) is 0 Å². The van der Waals surface area contributed by atoms with Crippen molar-refractivity contribution in [3.63, 3.8) is 0 Å². The number of carbonyl (C=O) groups is 1. The molecule has 1 saturated heterocycles. The van der Waals surface area contributed by atoms with Crippen molar-refractivity contribution in [2.24, 2.45) is 5.92 Å². The summed E-state index contributed by atoms with van der Waals surface area (Å²) in [6.45, 7) is 3.33. The molecule has 0 bridgehead atoms. The first-order valence-corrected chi connectivity index (χ1v) is 11.8. The van der Waals surface area contributed by atoms with E-state index in [2.05, 4.69) is 27.3 Å². The molecule has 1 fully saturated rings. The molecule has 0 radical (unpaired) electrons. The van der Waals surface area contributed by atoms with Crippen LogP contribution in [0.1, 0.15) is 30.4 Å². The van der Waals surface area contributed by atoms with Crippen molar-refractivity contribution in [2.75, 3.05) is 24.5 Å². The van der Waals surface area contributed by atoms with Gasteiger partial charge in [0.05, 0.1) is 0 Å². The molecule has 0 saturated carbocycles. The molecule has 1 aliphatic heterocycles. The molecular formula is C25H29N3O2S. The minimum atomic E-state index is 0.121. The van der Waals surface area contributed by atoms with Crippen LogP contribution < -0.4 is 15.0 Å². The van der Waals surface area contributed by atoms with Gasteiger partial charge in [-0.15, -0.1) is 11.3 Å². The minimum Gasteiger partial charge on any atom is -0.489 e. The van der Waals surface area contributed by atoms with E-state index in [1.54, 1.807) is 11.3 Å². The third-order valence-corrected chi connectivity index (χ3v) is 6.44. The number of thiazole rings is 1. The molecule has 31 heavy (non-hydrogen) atoms. The Morgan fingerprint density at radius 3 is 2.74 bits per heavy atom. The summed E-state index contributed by atoms with van der Waals surface area (Å²) in [4.78, 5) is 19.1. The van der Waals surface area contributed by atoms with Gasteiger partial charge in [0.15, 0.2) is 5.13 Å². The van der Waals surface area contributed by atoms with Crippen molar-refractivity contribution >= 4 is 22.4 Å². The highest BCUT2D eigenvalue weighted by molar-refractivity contribution is 7.13. The maximum absolute atomic E-state index is 12.3. The quantitative estimate of drug-likeness (QED) is 0.530. The fourth-order valence-corrected chi connectivity index (χ4v) is 4.56. The highest BCUT2D eigenvalue weighted by Gasteiger charge is 2.21. The molecule has 1 atom stereocenters. The van der Waals surface area contributed by atoms with Gasteiger partial charge in [-0.1, -0.05) is 42.5 Å². The Labute approximate surface area is 188 Å². The lowest BCUT2D eigenvalue weighted by Gasteiger charge is -2.32. The van der Waals surface area contributed by atoms with Gasteiger partial charge < -0.3 is 15.0 Å². The zero-order chi connectivity index (χ0) is 21.3. The number of anilines is 1. The number of hydrogen-bond donors (Lipinski definition) is 1. The zero-order valence-electron chi connectivity index (χ0n) is 17.7. The van der Waals surface area contributed by atoms with E-state index in [0.717, 1.165) is 60.9 Å². The second-order valence-corrected chi connectivity index (χ2v) is 8.86. The van der Waals surface area contributed by atoms with Gasteiger partial charge in [-0.2, -0.15) is 0 Å². The average molecular weight is 436 g/mol. The first-order valence-electron chi connectivity index (χ1n) is 10.9. The largest absolute Gasteiger partial charge is 0.489 e. The molecule has 1 aromatic heterocycles. The first kappa shape index (κ1) is 21.4. The zero-order valence-corrected chi connectivity index (χ0v) is 18.5. The van der Waals surface area contributed by atoms with Crippen LogP contribution in [-0.4, -0.2) is 30.5 Å². The van der Waals surface area contributed by atoms with Crippen LogP contribution in [-0.2, 0) is 17.8 Å². The smallest absolute Gasteiger partial charge is 0.220 e. The maximum Gasteiger partial charge on any atom is 0.220 e. The predicted molar refractivity (Wildman–Crippen MR) is 126 cm³/mol. The lowest BCUT2D eigenvalue weighted by atomic mass is 9.98. The Balaban J connectivity index is 1.16. The SMILES string of the molecule is O=C(CCc1ccc(OCc2ccccc2)cc1)NCC1CCCN(c2nccs2)C1. The van der Waals surface area contributed by atoms with Gasteiger partial charge in [0.1, 0.15) is 12.4 Å². The van der Waals surface area contributed by atoms with E-state index in [9.17, 15) is 4.79 Å². The number of nitrogens with one attached hydrogen (secondary N) is 1. The number of amides is 1. The molecule has 5 nitrogen and oxygen atoms in total. The minimum absolute atomic E-state index is 0.121. The van der Waals surface area contributed by atoms with Gasteiger partial charge in [-0.25, -0.2) is 4.98 Å². The number of nitrogens with zero attached hydrogens (tertiary/aromatic N) is 2. The summed E-state index contributed by atoms with van der Waals surface area (Å²) in [5, 5.41) is 6.24. The number of benzene rings is 2. The van der Waals surface area contributed by atoms with Gasteiger partial charge in [-0.05, 0) is 48.4 Å². The van der Waals surface area contributed by atoms with Crippen LogP contribution >= 0.6 is 11.3 Å². The molecule has 0 spiro atoms. The van der Waals surface area contributed by atoms with E-state index in [-0.39, 0.29) is 5.91 Å². The molecule has 3 aromatic rings. The molecule has 1 amide bonds. The topological polar surface area (TPSA) is 54.5 Å². The molecule has 162 valence electrons. The monoisotopic (exact) mass is 435 g/mol. The third-order valence-electron chi connectivity index (χ3n) is 5.61. The summed E-state index contributed by atoms with van der Waals surface area (Å²) in [7, 11) is 0. The van der Waals surface area contributed by atoms with E-state index in [1.165, 1.54) is 0 Å². The van der Waals surface area contributed by atoms with Gasteiger partial charge in [0.2, 0.25) is 5.91 Å². The summed E-state index contributed by atoms with van der Waals surface area (Å²) < 4.78 is 5.83. The van der Waals surface area contributed by atoms with Crippen molar-refractivity contribution in [3.05, 3.63) is 77.3 Å². The Kier molecular flexibility index (Phi) is 7.56. The number of aromatic nitrogens is 1. The Hall–Kier alpha value is -2.86. The number of piperidine rings is 1. The number of ether oxygens (including phenoxy) is 1. The average Bonchev–Trinajstić information content (AvgIpc) is 3.37. The summed E-state index contributed by atoms with van der Waals surface area (Å²) in [6.07, 6.45) is 5.41. The van der Waals surface area contributed by atoms with Gasteiger partial charge in [0, 0.05) is 37.6 Å². The van der Waals surface area contributed by atoms with Crippen molar-refractivity contribution < 1.29 is 9.53 Å². The molecule has 1 aliphatic rings. The summed E-state index contributed by atoms with van der Waals surface area (Å²) >= 11 is 1.68. The van der Waals surface area contributed by atoms with Crippen LogP contribution in [0.2, 0.25) is 0 Å². The Bertz CT molecular complexity index is 929. The lowest BCUT2D eigenvalue weighted by Crippen LogP contribution is -2.41. The van der Waals surface area contributed by atoms with Crippen molar-refractivity contribution in [2.45, 2.75) is 32.3 Å². The Morgan fingerprint density at radius 1 is 1.13 bits per heavy atom. The summed E-state index contributed by atoms with van der Waals surface area (Å²) in [5.74, 6) is 1.46. The predicted octanol–water partition coefficient (Wildman–Crippen LogP) is 4.69. The van der Waals surface area contributed by atoms with E-state index in [1.807, 2.05) is 54.0 Å². The second kappa shape index (κ2) is 11.0. The van der Waals surface area contributed by atoms with Gasteiger partial charge in [0.25, 0.3) is 0 Å². The van der Waals surface area contributed by atoms with Gasteiger partial charge in [-0.3, -0.25) is 4.79 Å². The van der Waals surface area contributed by atoms with E-state index < -0.39 is 0 Å². The fourth-order valence-electron chi connectivity index (χ4n) is 3.88. The number of aryl methyl sites for hydroxylation is 1. The summed E-state index contributed by atoms with van der Waals surface area (Å²) in [5.41, 5.74) is 2.30. The molecule has 4 rings (SSSR count). The number of carbonyl (C=O) groups excluding carboxylic acids is 1. The molecule has 6 heteroatoms. The van der Waals surface area contributed by atoms with E-state index in [0.29, 0.717) is 18.9 Å². The van der Waals surface area contributed by atoms with Gasteiger partial charge >= 0.3 is 0 Å². The van der Waals surface area contributed by atoms with Crippen molar-refractivity contribution in [1.82, 2.24) is 10.3 Å². The molecule has 2 aromatic carbocycles. The number of hydrogen-bond acceptors (Lipinski definition) is 5. The standard InChI is InChI=1S/C25H29N3O2S/c29-24(27-17-22-7-4-15-28(18-22)25-26-14-16-31-25)13-10-20-8-11-23(12-9-20)30-19-21-5-2-1-3-6-21/h1-3,5-6,8-9,11-12,14,16,22H,4,7,10,13,15,17-19H2,(H,27,29). The number of rotatable bonds is 9. The van der Waals surface area contributed by atoms with E-state index >= 15 is 0 Å². The molecule has 1 N–H and O–H groups in total. The third kappa shape index (κ3) is 6.56. The second-order valence-electron chi connectivity index (χ2n) is 7.99. The highest BCUT2D eigenvalue weighted by Crippen LogP contribution is 2.24. The van der Waals surface area contributed by atoms with Crippen molar-refractivity contribution in [3.8, 4) is 5.75 Å². The Morgan fingerprint density at radius 2 is 1.97 bits per heavy atom.